The number of thiocarbonyl (C=S) groups is 1. The van der Waals surface area contributed by atoms with Crippen molar-refractivity contribution in [3.63, 3.8) is 0 Å². The van der Waals surface area contributed by atoms with Gasteiger partial charge in [0.25, 0.3) is 0 Å². The quantitative estimate of drug-likeness (QED) is 0.841. The summed E-state index contributed by atoms with van der Waals surface area (Å²) in [4.78, 5) is 2.44. The number of hydrogen-bond donors (Lipinski definition) is 2. The Bertz CT molecular complexity index is 604. The Hall–Kier alpha value is -2.07. The summed E-state index contributed by atoms with van der Waals surface area (Å²) in [6, 6.07) is 18.7. The number of para-hydroxylation sites is 1. The number of hydrogen-bond acceptors (Lipinski definition) is 2. The lowest BCUT2D eigenvalue weighted by atomic mass is 10.2. The Morgan fingerprint density at radius 3 is 2.32 bits per heavy atom. The number of nitrogens with one attached hydrogen (secondary N) is 2. The van der Waals surface area contributed by atoms with Gasteiger partial charge in [0.1, 0.15) is 0 Å². The van der Waals surface area contributed by atoms with E-state index >= 15 is 0 Å². The molecule has 1 heterocycles. The molecule has 22 heavy (non-hydrogen) atoms. The van der Waals surface area contributed by atoms with Crippen molar-refractivity contribution in [2.75, 3.05) is 23.3 Å². The van der Waals surface area contributed by atoms with Crippen LogP contribution in [0.3, 0.4) is 0 Å². The van der Waals surface area contributed by atoms with Crippen molar-refractivity contribution in [1.29, 1.82) is 0 Å². The minimum Gasteiger partial charge on any atom is -0.372 e. The Morgan fingerprint density at radius 2 is 1.64 bits per heavy atom. The standard InChI is InChI=1S/C18H21N3S/c22-18(20-16-6-2-1-3-7-16)19-14-15-8-10-17(11-9-15)21-12-4-5-13-21/h1-3,6-11H,4-5,12-14H2,(H2,19,20,22). The molecule has 1 fully saturated rings. The molecule has 3 nitrogen and oxygen atoms in total. The van der Waals surface area contributed by atoms with E-state index in [-0.39, 0.29) is 0 Å². The van der Waals surface area contributed by atoms with Gasteiger partial charge in [-0.3, -0.25) is 0 Å². The molecule has 1 saturated heterocycles. The summed E-state index contributed by atoms with van der Waals surface area (Å²) >= 11 is 5.32. The van der Waals surface area contributed by atoms with Crippen molar-refractivity contribution in [2.24, 2.45) is 0 Å². The topological polar surface area (TPSA) is 27.3 Å². The molecule has 0 radical (unpaired) electrons. The van der Waals surface area contributed by atoms with Gasteiger partial charge < -0.3 is 15.5 Å². The van der Waals surface area contributed by atoms with E-state index in [0.29, 0.717) is 5.11 Å². The van der Waals surface area contributed by atoms with Gasteiger partial charge in [-0.05, 0) is 54.9 Å². The second-order valence-corrected chi connectivity index (χ2v) is 5.94. The zero-order valence-corrected chi connectivity index (χ0v) is 13.4. The Morgan fingerprint density at radius 1 is 0.955 bits per heavy atom. The average molecular weight is 311 g/mol. The third kappa shape index (κ3) is 3.98. The lowest BCUT2D eigenvalue weighted by Crippen LogP contribution is -2.27. The van der Waals surface area contributed by atoms with Gasteiger partial charge in [0.05, 0.1) is 0 Å². The van der Waals surface area contributed by atoms with Crippen LogP contribution in [-0.4, -0.2) is 18.2 Å². The van der Waals surface area contributed by atoms with Crippen molar-refractivity contribution < 1.29 is 0 Å². The highest BCUT2D eigenvalue weighted by Gasteiger charge is 2.11. The van der Waals surface area contributed by atoms with E-state index in [9.17, 15) is 0 Å². The first-order chi connectivity index (χ1) is 10.8. The fraction of sp³-hybridized carbons (Fsp3) is 0.278. The average Bonchev–Trinajstić information content (AvgIpc) is 3.09. The largest absolute Gasteiger partial charge is 0.372 e. The summed E-state index contributed by atoms with van der Waals surface area (Å²) in [5, 5.41) is 7.07. The predicted octanol–water partition coefficient (Wildman–Crippen LogP) is 3.77. The van der Waals surface area contributed by atoms with Gasteiger partial charge in [-0.1, -0.05) is 30.3 Å². The van der Waals surface area contributed by atoms with E-state index in [1.54, 1.807) is 0 Å². The molecule has 2 aromatic rings. The zero-order chi connectivity index (χ0) is 15.2. The van der Waals surface area contributed by atoms with Crippen LogP contribution in [0.25, 0.3) is 0 Å². The van der Waals surface area contributed by atoms with E-state index in [1.807, 2.05) is 30.3 Å². The molecule has 1 aliphatic heterocycles. The molecule has 1 aliphatic rings. The van der Waals surface area contributed by atoms with Crippen LogP contribution in [0.5, 0.6) is 0 Å². The molecule has 3 rings (SSSR count). The Kier molecular flexibility index (Phi) is 4.91. The summed E-state index contributed by atoms with van der Waals surface area (Å²) in [7, 11) is 0. The minimum absolute atomic E-state index is 0.648. The number of anilines is 2. The normalized spacial score (nSPS) is 13.9. The molecule has 0 aromatic heterocycles. The number of benzene rings is 2. The maximum atomic E-state index is 5.32. The molecular formula is C18H21N3S. The summed E-state index contributed by atoms with van der Waals surface area (Å²) < 4.78 is 0. The van der Waals surface area contributed by atoms with Crippen molar-refractivity contribution in [3.8, 4) is 0 Å². The third-order valence-corrected chi connectivity index (χ3v) is 4.14. The van der Waals surface area contributed by atoms with Crippen molar-refractivity contribution in [2.45, 2.75) is 19.4 Å². The van der Waals surface area contributed by atoms with Crippen LogP contribution in [0.2, 0.25) is 0 Å². The molecule has 0 amide bonds. The van der Waals surface area contributed by atoms with Crippen molar-refractivity contribution in [1.82, 2.24) is 5.32 Å². The monoisotopic (exact) mass is 311 g/mol. The molecule has 0 atom stereocenters. The summed E-state index contributed by atoms with van der Waals surface area (Å²) in [5.74, 6) is 0. The highest BCUT2D eigenvalue weighted by Crippen LogP contribution is 2.20. The summed E-state index contributed by atoms with van der Waals surface area (Å²) in [6.45, 7) is 3.10. The van der Waals surface area contributed by atoms with E-state index in [0.717, 1.165) is 12.2 Å². The first-order valence-electron chi connectivity index (χ1n) is 7.75. The Balaban J connectivity index is 1.49. The SMILES string of the molecule is S=C(NCc1ccc(N2CCCC2)cc1)Nc1ccccc1. The van der Waals surface area contributed by atoms with Crippen molar-refractivity contribution >= 4 is 28.7 Å². The fourth-order valence-corrected chi connectivity index (χ4v) is 2.87. The molecule has 0 unspecified atom stereocenters. The second-order valence-electron chi connectivity index (χ2n) is 5.53. The van der Waals surface area contributed by atoms with Gasteiger partial charge in [-0.15, -0.1) is 0 Å². The Labute approximate surface area is 137 Å². The van der Waals surface area contributed by atoms with Crippen LogP contribution in [0.1, 0.15) is 18.4 Å². The lowest BCUT2D eigenvalue weighted by molar-refractivity contribution is 0.921. The van der Waals surface area contributed by atoms with Gasteiger partial charge in [-0.2, -0.15) is 0 Å². The van der Waals surface area contributed by atoms with Gasteiger partial charge in [0.2, 0.25) is 0 Å². The van der Waals surface area contributed by atoms with Gasteiger partial charge >= 0.3 is 0 Å². The molecular weight excluding hydrogens is 290 g/mol. The molecule has 0 saturated carbocycles. The minimum atomic E-state index is 0.648. The van der Waals surface area contributed by atoms with Crippen molar-refractivity contribution in [3.05, 3.63) is 60.2 Å². The molecule has 0 bridgehead atoms. The molecule has 2 aromatic carbocycles. The highest BCUT2D eigenvalue weighted by atomic mass is 32.1. The number of rotatable bonds is 4. The van der Waals surface area contributed by atoms with Crippen LogP contribution in [0.4, 0.5) is 11.4 Å². The second kappa shape index (κ2) is 7.27. The van der Waals surface area contributed by atoms with E-state index in [1.165, 1.54) is 37.2 Å². The molecule has 0 aliphatic carbocycles. The summed E-state index contributed by atoms with van der Waals surface area (Å²) in [5.41, 5.74) is 3.57. The van der Waals surface area contributed by atoms with Gasteiger partial charge in [-0.25, -0.2) is 0 Å². The van der Waals surface area contributed by atoms with E-state index < -0.39 is 0 Å². The summed E-state index contributed by atoms with van der Waals surface area (Å²) in [6.07, 6.45) is 2.62. The third-order valence-electron chi connectivity index (χ3n) is 3.89. The maximum Gasteiger partial charge on any atom is 0.171 e. The van der Waals surface area contributed by atoms with Crippen LogP contribution in [0, 0.1) is 0 Å². The first-order valence-corrected chi connectivity index (χ1v) is 8.16. The van der Waals surface area contributed by atoms with Gasteiger partial charge in [0, 0.05) is 31.0 Å². The highest BCUT2D eigenvalue weighted by molar-refractivity contribution is 7.80. The lowest BCUT2D eigenvalue weighted by Gasteiger charge is -2.18. The van der Waals surface area contributed by atoms with E-state index in [2.05, 4.69) is 39.8 Å². The molecule has 2 N–H and O–H groups in total. The molecule has 114 valence electrons. The predicted molar refractivity (Wildman–Crippen MR) is 97.4 cm³/mol. The molecule has 4 heteroatoms. The van der Waals surface area contributed by atoms with Crippen LogP contribution in [0.15, 0.2) is 54.6 Å². The first kappa shape index (κ1) is 14.9. The zero-order valence-electron chi connectivity index (χ0n) is 12.6. The van der Waals surface area contributed by atoms with Gasteiger partial charge in [0.15, 0.2) is 5.11 Å². The van der Waals surface area contributed by atoms with E-state index in [4.69, 9.17) is 12.2 Å². The smallest absolute Gasteiger partial charge is 0.171 e. The van der Waals surface area contributed by atoms with Crippen LogP contribution >= 0.6 is 12.2 Å². The van der Waals surface area contributed by atoms with Crippen LogP contribution < -0.4 is 15.5 Å². The fourth-order valence-electron chi connectivity index (χ4n) is 2.68. The van der Waals surface area contributed by atoms with Crippen LogP contribution in [-0.2, 0) is 6.54 Å². The number of nitrogens with zero attached hydrogens (tertiary/aromatic N) is 1. The maximum absolute atomic E-state index is 5.32. The molecule has 0 spiro atoms.